The zero-order valence-electron chi connectivity index (χ0n) is 31.8. The van der Waals surface area contributed by atoms with Gasteiger partial charge in [0.25, 0.3) is 0 Å². The highest BCUT2D eigenvalue weighted by molar-refractivity contribution is 5.70. The largest absolute Gasteiger partial charge is 0.457 e. The number of hydrogen-bond donors (Lipinski definition) is 3. The molecular weight excluding hydrogens is 628 g/mol. The summed E-state index contributed by atoms with van der Waals surface area (Å²) in [5.41, 5.74) is -1.37. The van der Waals surface area contributed by atoms with Gasteiger partial charge in [0.1, 0.15) is 11.7 Å². The summed E-state index contributed by atoms with van der Waals surface area (Å²) in [6.45, 7) is 18.8. The molecule has 2 rings (SSSR count). The summed E-state index contributed by atoms with van der Waals surface area (Å²) in [7, 11) is 3.28. The monoisotopic (exact) mass is 694 g/mol. The zero-order valence-corrected chi connectivity index (χ0v) is 31.8. The number of allylic oxidation sites excluding steroid dienone is 2. The molecule has 2 aliphatic rings. The minimum Gasteiger partial charge on any atom is -0.457 e. The Morgan fingerprint density at radius 1 is 1.22 bits per heavy atom. The van der Waals surface area contributed by atoms with Gasteiger partial charge in [-0.2, -0.15) is 0 Å². The fourth-order valence-electron chi connectivity index (χ4n) is 6.37. The van der Waals surface area contributed by atoms with Crippen LogP contribution in [0, 0.1) is 11.8 Å². The van der Waals surface area contributed by atoms with Crippen LogP contribution in [0.15, 0.2) is 36.0 Å². The van der Waals surface area contributed by atoms with Gasteiger partial charge in [-0.25, -0.2) is 4.79 Å². The van der Waals surface area contributed by atoms with E-state index in [1.54, 1.807) is 50.3 Å². The smallest absolute Gasteiger partial charge is 0.410 e. The molecule has 49 heavy (non-hydrogen) atoms. The van der Waals surface area contributed by atoms with Gasteiger partial charge in [0.2, 0.25) is 0 Å². The first-order valence-corrected chi connectivity index (χ1v) is 18.2. The van der Waals surface area contributed by atoms with Crippen LogP contribution in [0.25, 0.3) is 0 Å². The normalized spacial score (nSPS) is 31.0. The Balaban J connectivity index is 2.23. The van der Waals surface area contributed by atoms with Crippen LogP contribution in [0.4, 0.5) is 4.79 Å². The lowest BCUT2D eigenvalue weighted by Crippen LogP contribution is -2.46. The number of carbonyl (C=O) groups excluding carboxylic acids is 2. The number of carbonyl (C=O) groups is 2. The molecule has 0 saturated carbocycles. The molecule has 2 aliphatic heterocycles. The Hall–Kier alpha value is -2.28. The van der Waals surface area contributed by atoms with E-state index in [1.807, 2.05) is 40.7 Å². The van der Waals surface area contributed by atoms with Crippen LogP contribution in [-0.2, 0) is 23.7 Å². The lowest BCUT2D eigenvalue weighted by atomic mass is 9.88. The van der Waals surface area contributed by atoms with Gasteiger partial charge in [0.15, 0.2) is 6.10 Å². The van der Waals surface area contributed by atoms with E-state index in [1.165, 1.54) is 0 Å². The highest BCUT2D eigenvalue weighted by atomic mass is 16.6. The number of nitrogens with zero attached hydrogens (tertiary/aromatic N) is 2. The summed E-state index contributed by atoms with van der Waals surface area (Å²) in [6.07, 6.45) is 7.66. The van der Waals surface area contributed by atoms with Crippen molar-refractivity contribution in [2.45, 2.75) is 142 Å². The second-order valence-corrected chi connectivity index (χ2v) is 14.5. The van der Waals surface area contributed by atoms with Crippen LogP contribution < -0.4 is 0 Å². The quantitative estimate of drug-likeness (QED) is 0.0872. The van der Waals surface area contributed by atoms with Crippen LogP contribution >= 0.6 is 0 Å². The standard InChI is InChI=1S/C38H66N2O9/c1-11-30(42)28(6)35-31(47-35)25-37(7,45)20-14-16-26(4)34-27(5)17-18-32(38(8,46-10)21-19-29(41)24-33(43)49-34)48-36(44)39(9)22-15-23-40(12-2)13-3/h14,16-18,20,27-32,34-35,41-42,45H,11-13,15,19,21-25H2,1-10H3. The molecule has 0 aromatic carbocycles. The summed E-state index contributed by atoms with van der Waals surface area (Å²) in [5.74, 6) is -0.850. The van der Waals surface area contributed by atoms with Crippen molar-refractivity contribution in [1.82, 2.24) is 9.80 Å². The third-order valence-electron chi connectivity index (χ3n) is 10.2. The number of amides is 1. The van der Waals surface area contributed by atoms with Crippen LogP contribution in [0.3, 0.4) is 0 Å². The number of cyclic esters (lactones) is 1. The number of esters is 1. The lowest BCUT2D eigenvalue weighted by Gasteiger charge is -2.36. The van der Waals surface area contributed by atoms with Gasteiger partial charge in [-0.15, -0.1) is 0 Å². The van der Waals surface area contributed by atoms with Gasteiger partial charge < -0.3 is 44.1 Å². The van der Waals surface area contributed by atoms with E-state index in [2.05, 4.69) is 18.7 Å². The molecule has 1 fully saturated rings. The maximum absolute atomic E-state index is 13.3. The Morgan fingerprint density at radius 2 is 1.90 bits per heavy atom. The van der Waals surface area contributed by atoms with Crippen LogP contribution in [0.1, 0.15) is 93.9 Å². The molecule has 2 heterocycles. The first kappa shape index (κ1) is 42.9. The molecule has 282 valence electrons. The maximum Gasteiger partial charge on any atom is 0.410 e. The number of aliphatic hydroxyl groups is 3. The van der Waals surface area contributed by atoms with Crippen molar-refractivity contribution in [3.05, 3.63) is 36.0 Å². The van der Waals surface area contributed by atoms with Gasteiger partial charge in [-0.3, -0.25) is 4.79 Å². The number of rotatable bonds is 16. The molecule has 0 radical (unpaired) electrons. The third kappa shape index (κ3) is 13.8. The van der Waals surface area contributed by atoms with E-state index in [0.717, 1.165) is 31.6 Å². The molecule has 0 aromatic heterocycles. The summed E-state index contributed by atoms with van der Waals surface area (Å²) in [5, 5.41) is 32.0. The number of hydrogen-bond acceptors (Lipinski definition) is 10. The van der Waals surface area contributed by atoms with Gasteiger partial charge >= 0.3 is 12.1 Å². The average Bonchev–Trinajstić information content (AvgIpc) is 3.82. The number of ether oxygens (including phenoxy) is 4. The van der Waals surface area contributed by atoms with E-state index < -0.39 is 47.7 Å². The summed E-state index contributed by atoms with van der Waals surface area (Å²) in [4.78, 5) is 30.1. The third-order valence-corrected chi connectivity index (χ3v) is 10.2. The van der Waals surface area contributed by atoms with Crippen molar-refractivity contribution in [2.24, 2.45) is 11.8 Å². The molecule has 11 heteroatoms. The predicted molar refractivity (Wildman–Crippen MR) is 191 cm³/mol. The molecule has 0 spiro atoms. The summed E-state index contributed by atoms with van der Waals surface area (Å²) < 4.78 is 23.6. The molecule has 11 nitrogen and oxygen atoms in total. The van der Waals surface area contributed by atoms with Crippen molar-refractivity contribution in [1.29, 1.82) is 0 Å². The minimum absolute atomic E-state index is 0.00543. The van der Waals surface area contributed by atoms with E-state index >= 15 is 0 Å². The molecular formula is C38H66N2O9. The molecule has 3 N–H and O–H groups in total. The molecule has 10 atom stereocenters. The molecule has 0 aromatic rings. The highest BCUT2D eigenvalue weighted by Crippen LogP contribution is 2.37. The Morgan fingerprint density at radius 3 is 2.51 bits per heavy atom. The lowest BCUT2D eigenvalue weighted by molar-refractivity contribution is -0.151. The van der Waals surface area contributed by atoms with Gasteiger partial charge in [0.05, 0.1) is 36.4 Å². The van der Waals surface area contributed by atoms with Gasteiger partial charge in [-0.05, 0) is 77.7 Å². The van der Waals surface area contributed by atoms with Gasteiger partial charge in [0, 0.05) is 39.0 Å². The van der Waals surface area contributed by atoms with E-state index in [4.69, 9.17) is 18.9 Å². The topological polar surface area (TPSA) is 142 Å². The maximum atomic E-state index is 13.3. The zero-order chi connectivity index (χ0) is 36.9. The van der Waals surface area contributed by atoms with Crippen LogP contribution in [-0.4, -0.2) is 125 Å². The molecule has 1 amide bonds. The number of epoxide rings is 1. The SMILES string of the molecule is CCC(O)C(C)C1OC1CC(C)(O)C=CC=C(C)C1OC(=O)CC(O)CCC(C)(OC)C(OC(=O)N(C)CCCN(CC)CC)C=CC1C. The van der Waals surface area contributed by atoms with Crippen LogP contribution in [0.5, 0.6) is 0 Å². The second kappa shape index (κ2) is 19.9. The van der Waals surface area contributed by atoms with Crippen molar-refractivity contribution in [3.8, 4) is 0 Å². The van der Waals surface area contributed by atoms with Crippen molar-refractivity contribution in [3.63, 3.8) is 0 Å². The predicted octanol–water partition coefficient (Wildman–Crippen LogP) is 5.03. The second-order valence-electron chi connectivity index (χ2n) is 14.5. The Bertz CT molecular complexity index is 1120. The summed E-state index contributed by atoms with van der Waals surface area (Å²) in [6, 6.07) is 0. The summed E-state index contributed by atoms with van der Waals surface area (Å²) >= 11 is 0. The van der Waals surface area contributed by atoms with E-state index in [-0.39, 0.29) is 36.9 Å². The molecule has 10 unspecified atom stereocenters. The van der Waals surface area contributed by atoms with Crippen molar-refractivity contribution in [2.75, 3.05) is 40.3 Å². The molecule has 1 saturated heterocycles. The highest BCUT2D eigenvalue weighted by Gasteiger charge is 2.47. The van der Waals surface area contributed by atoms with Crippen molar-refractivity contribution >= 4 is 12.1 Å². The first-order chi connectivity index (χ1) is 23.0. The molecule has 0 aliphatic carbocycles. The average molecular weight is 695 g/mol. The minimum atomic E-state index is -1.15. The number of methoxy groups -OCH3 is 1. The Kier molecular flexibility index (Phi) is 17.4. The van der Waals surface area contributed by atoms with Crippen LogP contribution in [0.2, 0.25) is 0 Å². The fourth-order valence-corrected chi connectivity index (χ4v) is 6.37. The first-order valence-electron chi connectivity index (χ1n) is 18.2. The van der Waals surface area contributed by atoms with Gasteiger partial charge in [-0.1, -0.05) is 58.9 Å². The fraction of sp³-hybridized carbons (Fsp3) is 0.789. The molecule has 0 bridgehead atoms. The van der Waals surface area contributed by atoms with E-state index in [0.29, 0.717) is 25.8 Å². The Labute approximate surface area is 295 Å². The van der Waals surface area contributed by atoms with E-state index in [9.17, 15) is 24.9 Å². The number of aliphatic hydroxyl groups excluding tert-OH is 2. The van der Waals surface area contributed by atoms with Crippen molar-refractivity contribution < 1.29 is 43.9 Å².